The molecular weight excluding hydrogens is 280 g/mol. The van der Waals surface area contributed by atoms with Crippen LogP contribution < -0.4 is 5.32 Å². The fourth-order valence-corrected chi connectivity index (χ4v) is 2.51. The first-order valence-corrected chi connectivity index (χ1v) is 7.09. The Balaban J connectivity index is 2.00. The van der Waals surface area contributed by atoms with E-state index in [9.17, 15) is 9.59 Å². The molecule has 1 amide bonds. The molecular formula is C17H16N2O3. The first-order chi connectivity index (χ1) is 10.6. The van der Waals surface area contributed by atoms with Gasteiger partial charge in [0.15, 0.2) is 0 Å². The maximum atomic E-state index is 12.1. The number of ether oxygens (including phenoxy) is 1. The Labute approximate surface area is 128 Å². The fourth-order valence-electron chi connectivity index (χ4n) is 2.51. The summed E-state index contributed by atoms with van der Waals surface area (Å²) in [6.45, 7) is 3.92. The Morgan fingerprint density at radius 3 is 2.86 bits per heavy atom. The Bertz CT molecular complexity index is 787. The van der Waals surface area contributed by atoms with Gasteiger partial charge in [0.05, 0.1) is 17.7 Å². The number of amides is 1. The van der Waals surface area contributed by atoms with Crippen molar-refractivity contribution < 1.29 is 14.3 Å². The Hall–Kier alpha value is -2.82. The molecule has 3 rings (SSSR count). The quantitative estimate of drug-likeness (QED) is 0.675. The number of esters is 1. The molecule has 0 radical (unpaired) electrons. The first kappa shape index (κ1) is 14.1. The first-order valence-electron chi connectivity index (χ1n) is 7.09. The second kappa shape index (κ2) is 5.52. The molecule has 112 valence electrons. The largest absolute Gasteiger partial charge is 0.462 e. The van der Waals surface area contributed by atoms with Crippen molar-refractivity contribution in [2.45, 2.75) is 13.8 Å². The number of carbonyl (C=O) groups excluding carboxylic acids is 2. The van der Waals surface area contributed by atoms with Gasteiger partial charge in [-0.05, 0) is 31.6 Å². The predicted octanol–water partition coefficient (Wildman–Crippen LogP) is 2.99. The van der Waals surface area contributed by atoms with Gasteiger partial charge in [0.1, 0.15) is 0 Å². The highest BCUT2D eigenvalue weighted by Gasteiger charge is 2.24. The van der Waals surface area contributed by atoms with Gasteiger partial charge < -0.3 is 15.0 Å². The van der Waals surface area contributed by atoms with Crippen LogP contribution in [0.3, 0.4) is 0 Å². The van der Waals surface area contributed by atoms with E-state index in [-0.39, 0.29) is 11.9 Å². The summed E-state index contributed by atoms with van der Waals surface area (Å²) in [7, 11) is 0. The van der Waals surface area contributed by atoms with Crippen LogP contribution in [0.1, 0.15) is 34.1 Å². The molecule has 22 heavy (non-hydrogen) atoms. The molecule has 0 unspecified atom stereocenters. The van der Waals surface area contributed by atoms with Crippen molar-refractivity contribution >= 4 is 29.2 Å². The van der Waals surface area contributed by atoms with E-state index < -0.39 is 0 Å². The van der Waals surface area contributed by atoms with Crippen LogP contribution in [0.25, 0.3) is 11.6 Å². The highest BCUT2D eigenvalue weighted by molar-refractivity contribution is 6.34. The lowest BCUT2D eigenvalue weighted by molar-refractivity contribution is -0.110. The van der Waals surface area contributed by atoms with Gasteiger partial charge >= 0.3 is 5.97 Å². The topological polar surface area (TPSA) is 71.2 Å². The SMILES string of the molecule is CCOC(=O)c1c[nH]c(/C=C2/C(=O)Nc3ccccc32)c1C. The van der Waals surface area contributed by atoms with Gasteiger partial charge in [0.25, 0.3) is 5.91 Å². The minimum atomic E-state index is -0.364. The minimum absolute atomic E-state index is 0.145. The van der Waals surface area contributed by atoms with Crippen molar-refractivity contribution in [2.75, 3.05) is 11.9 Å². The number of fused-ring (bicyclic) bond motifs is 1. The van der Waals surface area contributed by atoms with Crippen molar-refractivity contribution in [3.05, 3.63) is 52.8 Å². The normalized spacial score (nSPS) is 14.8. The van der Waals surface area contributed by atoms with Gasteiger partial charge in [-0.25, -0.2) is 4.79 Å². The standard InChI is InChI=1S/C17H16N2O3/c1-3-22-17(21)13-9-18-15(10(13)2)8-12-11-6-4-5-7-14(11)19-16(12)20/h4-9,18H,3H2,1-2H3,(H,19,20)/b12-8+. The molecule has 5 heteroatoms. The number of para-hydroxylation sites is 1. The predicted molar refractivity (Wildman–Crippen MR) is 84.4 cm³/mol. The fraction of sp³-hybridized carbons (Fsp3) is 0.176. The lowest BCUT2D eigenvalue weighted by Gasteiger charge is -2.01. The Morgan fingerprint density at radius 1 is 1.32 bits per heavy atom. The van der Waals surface area contributed by atoms with E-state index in [1.54, 1.807) is 19.2 Å². The number of nitrogens with one attached hydrogen (secondary N) is 2. The summed E-state index contributed by atoms with van der Waals surface area (Å²) < 4.78 is 5.01. The Morgan fingerprint density at radius 2 is 2.09 bits per heavy atom. The van der Waals surface area contributed by atoms with Crippen LogP contribution >= 0.6 is 0 Å². The molecule has 1 aromatic carbocycles. The van der Waals surface area contributed by atoms with Crippen molar-refractivity contribution in [1.29, 1.82) is 0 Å². The van der Waals surface area contributed by atoms with E-state index in [4.69, 9.17) is 4.74 Å². The van der Waals surface area contributed by atoms with Gasteiger partial charge in [-0.1, -0.05) is 18.2 Å². The summed E-state index contributed by atoms with van der Waals surface area (Å²) in [4.78, 5) is 27.0. The van der Waals surface area contributed by atoms with Gasteiger partial charge in [0, 0.05) is 23.1 Å². The van der Waals surface area contributed by atoms with Crippen molar-refractivity contribution in [3.63, 3.8) is 0 Å². The summed E-state index contributed by atoms with van der Waals surface area (Å²) in [6.07, 6.45) is 3.37. The molecule has 2 aromatic rings. The summed E-state index contributed by atoms with van der Waals surface area (Å²) in [5, 5.41) is 2.82. The van der Waals surface area contributed by atoms with Crippen LogP contribution in [-0.4, -0.2) is 23.5 Å². The molecule has 0 bridgehead atoms. The van der Waals surface area contributed by atoms with E-state index in [2.05, 4.69) is 10.3 Å². The number of H-pyrrole nitrogens is 1. The van der Waals surface area contributed by atoms with Gasteiger partial charge in [-0.2, -0.15) is 0 Å². The molecule has 5 nitrogen and oxygen atoms in total. The number of aromatic amines is 1. The van der Waals surface area contributed by atoms with Crippen molar-refractivity contribution in [3.8, 4) is 0 Å². The zero-order valence-electron chi connectivity index (χ0n) is 12.4. The molecule has 0 saturated heterocycles. The average Bonchev–Trinajstić information content (AvgIpc) is 3.01. The highest BCUT2D eigenvalue weighted by atomic mass is 16.5. The number of benzene rings is 1. The zero-order chi connectivity index (χ0) is 15.7. The summed E-state index contributed by atoms with van der Waals surface area (Å²) in [6, 6.07) is 7.52. The molecule has 0 spiro atoms. The second-order valence-corrected chi connectivity index (χ2v) is 5.02. The van der Waals surface area contributed by atoms with E-state index in [0.717, 1.165) is 22.5 Å². The summed E-state index contributed by atoms with van der Waals surface area (Å²) in [5.41, 5.74) is 4.22. The molecule has 2 heterocycles. The number of carbonyl (C=O) groups is 2. The third-order valence-corrected chi connectivity index (χ3v) is 3.67. The van der Waals surface area contributed by atoms with Crippen molar-refractivity contribution in [2.24, 2.45) is 0 Å². The number of anilines is 1. The van der Waals surface area contributed by atoms with Gasteiger partial charge in [0.2, 0.25) is 0 Å². The van der Waals surface area contributed by atoms with E-state index in [1.165, 1.54) is 0 Å². The molecule has 1 aliphatic rings. The molecule has 0 atom stereocenters. The maximum absolute atomic E-state index is 12.1. The smallest absolute Gasteiger partial charge is 0.339 e. The number of rotatable bonds is 3. The van der Waals surface area contributed by atoms with Gasteiger partial charge in [-0.3, -0.25) is 4.79 Å². The molecule has 1 aliphatic heterocycles. The van der Waals surface area contributed by atoms with Crippen molar-refractivity contribution in [1.82, 2.24) is 4.98 Å². The molecule has 0 fully saturated rings. The van der Waals surface area contributed by atoms with Crippen LogP contribution in [-0.2, 0) is 9.53 Å². The van der Waals surface area contributed by atoms with Crippen LogP contribution in [0.5, 0.6) is 0 Å². The van der Waals surface area contributed by atoms with Crippen LogP contribution in [0.2, 0.25) is 0 Å². The van der Waals surface area contributed by atoms with Crippen LogP contribution in [0.15, 0.2) is 30.5 Å². The van der Waals surface area contributed by atoms with E-state index in [1.807, 2.05) is 31.2 Å². The lowest BCUT2D eigenvalue weighted by Crippen LogP contribution is -2.05. The van der Waals surface area contributed by atoms with Crippen LogP contribution in [0.4, 0.5) is 5.69 Å². The average molecular weight is 296 g/mol. The molecule has 0 aliphatic carbocycles. The summed E-state index contributed by atoms with van der Waals surface area (Å²) in [5.74, 6) is -0.509. The molecule has 1 aromatic heterocycles. The van der Waals surface area contributed by atoms with Gasteiger partial charge in [-0.15, -0.1) is 0 Å². The highest BCUT2D eigenvalue weighted by Crippen LogP contribution is 2.33. The third kappa shape index (κ3) is 2.30. The maximum Gasteiger partial charge on any atom is 0.339 e. The zero-order valence-corrected chi connectivity index (χ0v) is 12.4. The van der Waals surface area contributed by atoms with E-state index in [0.29, 0.717) is 17.7 Å². The molecule has 2 N–H and O–H groups in total. The number of hydrogen-bond acceptors (Lipinski definition) is 3. The molecule has 0 saturated carbocycles. The third-order valence-electron chi connectivity index (χ3n) is 3.67. The Kier molecular flexibility index (Phi) is 3.55. The van der Waals surface area contributed by atoms with E-state index >= 15 is 0 Å². The minimum Gasteiger partial charge on any atom is -0.462 e. The second-order valence-electron chi connectivity index (χ2n) is 5.02. The monoisotopic (exact) mass is 296 g/mol. The number of aromatic nitrogens is 1. The number of hydrogen-bond donors (Lipinski definition) is 2. The summed E-state index contributed by atoms with van der Waals surface area (Å²) >= 11 is 0. The van der Waals surface area contributed by atoms with Crippen LogP contribution in [0, 0.1) is 6.92 Å². The lowest BCUT2D eigenvalue weighted by atomic mass is 10.0.